The van der Waals surface area contributed by atoms with Gasteiger partial charge in [0.1, 0.15) is 0 Å². The maximum absolute atomic E-state index is 12.5. The smallest absolute Gasteiger partial charge is 0.311 e. The zero-order chi connectivity index (χ0) is 15.2. The van der Waals surface area contributed by atoms with Crippen LogP contribution < -0.4 is 5.32 Å². The first kappa shape index (κ1) is 14.1. The maximum atomic E-state index is 12.5. The maximum Gasteiger partial charge on any atom is 0.311 e. The molecule has 1 aliphatic carbocycles. The van der Waals surface area contributed by atoms with Crippen LogP contribution in [0.25, 0.3) is 11.0 Å². The topological polar surface area (TPSA) is 79.5 Å². The van der Waals surface area contributed by atoms with Crippen molar-refractivity contribution >= 4 is 34.3 Å². The molecular weight excluding hydrogens is 294 g/mol. The number of carbonyl (C=O) groups excluding carboxylic acids is 1. The molecule has 5 nitrogen and oxygen atoms in total. The molecule has 1 aliphatic rings. The third-order valence-electron chi connectivity index (χ3n) is 4.10. The summed E-state index contributed by atoms with van der Waals surface area (Å²) >= 11 is 6.09. The fourth-order valence-electron chi connectivity index (χ4n) is 2.85. The van der Waals surface area contributed by atoms with E-state index in [0.717, 1.165) is 5.39 Å². The number of benzene rings is 1. The number of aliphatic carboxylic acids is 1. The van der Waals surface area contributed by atoms with Gasteiger partial charge < -0.3 is 14.8 Å². The van der Waals surface area contributed by atoms with Crippen molar-refractivity contribution in [2.75, 3.05) is 13.6 Å². The molecule has 1 saturated carbocycles. The summed E-state index contributed by atoms with van der Waals surface area (Å²) in [5.41, 5.74) is -0.0363. The van der Waals surface area contributed by atoms with Crippen LogP contribution in [0.1, 0.15) is 16.8 Å². The van der Waals surface area contributed by atoms with Gasteiger partial charge in [0.05, 0.1) is 16.7 Å². The molecule has 2 atom stereocenters. The number of halogens is 1. The number of Topliss-reactive ketones (excluding diaryl/α,β-unsaturated/α-hetero) is 1. The number of carboxylic acids is 1. The van der Waals surface area contributed by atoms with Gasteiger partial charge in [-0.05, 0) is 31.7 Å². The fraction of sp³-hybridized carbons (Fsp3) is 0.333. The van der Waals surface area contributed by atoms with Gasteiger partial charge in [0.25, 0.3) is 0 Å². The summed E-state index contributed by atoms with van der Waals surface area (Å²) in [7, 11) is 1.68. The number of rotatable bonds is 5. The second kappa shape index (κ2) is 4.86. The van der Waals surface area contributed by atoms with Crippen LogP contribution in [-0.2, 0) is 4.79 Å². The van der Waals surface area contributed by atoms with Gasteiger partial charge in [-0.15, -0.1) is 0 Å². The molecule has 2 aromatic rings. The molecule has 0 amide bonds. The van der Waals surface area contributed by atoms with E-state index in [2.05, 4.69) is 5.32 Å². The lowest BCUT2D eigenvalue weighted by Gasteiger charge is -2.11. The third kappa shape index (κ3) is 2.13. The van der Waals surface area contributed by atoms with Crippen LogP contribution in [0, 0.1) is 11.3 Å². The van der Waals surface area contributed by atoms with Gasteiger partial charge in [0.15, 0.2) is 11.4 Å². The molecule has 1 aromatic carbocycles. The normalized spacial score (nSPS) is 24.2. The number of hydrogen-bond donors (Lipinski definition) is 2. The van der Waals surface area contributed by atoms with Gasteiger partial charge in [0, 0.05) is 23.4 Å². The van der Waals surface area contributed by atoms with Crippen LogP contribution in [0.15, 0.2) is 28.9 Å². The summed E-state index contributed by atoms with van der Waals surface area (Å²) in [4.78, 5) is 24.0. The molecule has 0 radical (unpaired) electrons. The van der Waals surface area contributed by atoms with Crippen molar-refractivity contribution in [1.29, 1.82) is 0 Å². The molecule has 3 rings (SSSR count). The molecule has 0 bridgehead atoms. The Hall–Kier alpha value is -1.85. The highest BCUT2D eigenvalue weighted by molar-refractivity contribution is 6.35. The quantitative estimate of drug-likeness (QED) is 0.830. The average Bonchev–Trinajstić information content (AvgIpc) is 2.97. The summed E-state index contributed by atoms with van der Waals surface area (Å²) < 4.78 is 5.23. The van der Waals surface area contributed by atoms with Crippen molar-refractivity contribution in [1.82, 2.24) is 5.32 Å². The number of carboxylic acid groups (broad SMARTS) is 1. The molecular formula is C15H14ClNO4. The summed E-state index contributed by atoms with van der Waals surface area (Å²) in [6, 6.07) is 4.96. The highest BCUT2D eigenvalue weighted by Gasteiger charge is 2.63. The van der Waals surface area contributed by atoms with E-state index in [1.165, 1.54) is 6.26 Å². The Labute approximate surface area is 125 Å². The average molecular weight is 308 g/mol. The number of ketones is 1. The lowest BCUT2D eigenvalue weighted by atomic mass is 9.97. The standard InChI is InChI=1S/C15H14ClNO4/c1-17-7-15(14(19)20)6-10(15)12(18)9-4-8-2-3-21-13(8)11(16)5-9/h2-5,10,17H,6-7H2,1H3,(H,19,20)/t10-,15-/m1/s1. The van der Waals surface area contributed by atoms with Crippen LogP contribution in [0.3, 0.4) is 0 Å². The first-order valence-electron chi connectivity index (χ1n) is 6.58. The number of hydrogen-bond acceptors (Lipinski definition) is 4. The SMILES string of the molecule is CNC[C@]1(C(=O)O)C[C@@H]1C(=O)c1cc(Cl)c2occc2c1. The predicted molar refractivity (Wildman–Crippen MR) is 77.7 cm³/mol. The Kier molecular flexibility index (Phi) is 3.26. The van der Waals surface area contributed by atoms with E-state index in [9.17, 15) is 14.7 Å². The number of carbonyl (C=O) groups is 2. The molecule has 0 saturated heterocycles. The highest BCUT2D eigenvalue weighted by atomic mass is 35.5. The molecule has 1 aromatic heterocycles. The second-order valence-electron chi connectivity index (χ2n) is 5.41. The molecule has 2 N–H and O–H groups in total. The minimum absolute atomic E-state index is 0.183. The zero-order valence-electron chi connectivity index (χ0n) is 11.4. The number of fused-ring (bicyclic) bond motifs is 1. The van der Waals surface area contributed by atoms with Crippen molar-refractivity contribution in [3.8, 4) is 0 Å². The Bertz CT molecular complexity index is 738. The van der Waals surface area contributed by atoms with Crippen molar-refractivity contribution in [2.45, 2.75) is 6.42 Å². The van der Waals surface area contributed by atoms with Gasteiger partial charge in [-0.2, -0.15) is 0 Å². The molecule has 1 fully saturated rings. The minimum atomic E-state index is -0.996. The Morgan fingerprint density at radius 2 is 2.29 bits per heavy atom. The predicted octanol–water partition coefficient (Wildman–Crippen LogP) is 2.58. The van der Waals surface area contributed by atoms with Crippen LogP contribution in [0.5, 0.6) is 0 Å². The summed E-state index contributed by atoms with van der Waals surface area (Å²) in [6.07, 6.45) is 1.85. The Morgan fingerprint density at radius 1 is 1.52 bits per heavy atom. The molecule has 6 heteroatoms. The summed E-state index contributed by atoms with van der Waals surface area (Å²) in [5.74, 6) is -1.63. The van der Waals surface area contributed by atoms with E-state index < -0.39 is 17.3 Å². The lowest BCUT2D eigenvalue weighted by molar-refractivity contribution is -0.143. The summed E-state index contributed by atoms with van der Waals surface area (Å²) in [5, 5.41) is 13.3. The van der Waals surface area contributed by atoms with Crippen molar-refractivity contribution < 1.29 is 19.1 Å². The van der Waals surface area contributed by atoms with Gasteiger partial charge in [-0.25, -0.2) is 0 Å². The molecule has 0 spiro atoms. The number of furan rings is 1. The molecule has 21 heavy (non-hydrogen) atoms. The molecule has 0 aliphatic heterocycles. The zero-order valence-corrected chi connectivity index (χ0v) is 12.1. The van der Waals surface area contributed by atoms with Crippen LogP contribution in [0.2, 0.25) is 5.02 Å². The van der Waals surface area contributed by atoms with E-state index in [-0.39, 0.29) is 12.3 Å². The minimum Gasteiger partial charge on any atom is -0.481 e. The summed E-state index contributed by atoms with van der Waals surface area (Å²) in [6.45, 7) is 0.278. The van der Waals surface area contributed by atoms with E-state index in [1.807, 2.05) is 0 Å². The molecule has 0 unspecified atom stereocenters. The molecule has 110 valence electrons. The largest absolute Gasteiger partial charge is 0.481 e. The van der Waals surface area contributed by atoms with E-state index in [1.54, 1.807) is 25.2 Å². The van der Waals surface area contributed by atoms with Crippen LogP contribution >= 0.6 is 11.6 Å². The van der Waals surface area contributed by atoms with Crippen molar-refractivity contribution in [2.24, 2.45) is 11.3 Å². The Morgan fingerprint density at radius 3 is 2.95 bits per heavy atom. The van der Waals surface area contributed by atoms with Gasteiger partial charge in [0.2, 0.25) is 0 Å². The molecule has 1 heterocycles. The highest BCUT2D eigenvalue weighted by Crippen LogP contribution is 2.54. The van der Waals surface area contributed by atoms with Gasteiger partial charge >= 0.3 is 5.97 Å². The first-order chi connectivity index (χ1) is 9.99. The Balaban J connectivity index is 1.93. The first-order valence-corrected chi connectivity index (χ1v) is 6.96. The van der Waals surface area contributed by atoms with E-state index >= 15 is 0 Å². The van der Waals surface area contributed by atoms with Gasteiger partial charge in [-0.3, -0.25) is 9.59 Å². The van der Waals surface area contributed by atoms with Crippen LogP contribution in [0.4, 0.5) is 0 Å². The van der Waals surface area contributed by atoms with Crippen LogP contribution in [-0.4, -0.2) is 30.5 Å². The van der Waals surface area contributed by atoms with Crippen molar-refractivity contribution in [3.63, 3.8) is 0 Å². The second-order valence-corrected chi connectivity index (χ2v) is 5.82. The van der Waals surface area contributed by atoms with E-state index in [0.29, 0.717) is 22.6 Å². The van der Waals surface area contributed by atoms with Gasteiger partial charge in [-0.1, -0.05) is 11.6 Å². The third-order valence-corrected chi connectivity index (χ3v) is 4.38. The van der Waals surface area contributed by atoms with Crippen molar-refractivity contribution in [3.05, 3.63) is 35.0 Å². The number of nitrogens with one attached hydrogen (secondary N) is 1. The fourth-order valence-corrected chi connectivity index (χ4v) is 3.12. The monoisotopic (exact) mass is 307 g/mol. The van der Waals surface area contributed by atoms with E-state index in [4.69, 9.17) is 16.0 Å². The lowest BCUT2D eigenvalue weighted by Crippen LogP contribution is -2.31.